The molecule has 0 spiro atoms. The number of para-hydroxylation sites is 4. The predicted molar refractivity (Wildman–Crippen MR) is 485 cm³/mol. The van der Waals surface area contributed by atoms with Crippen LogP contribution in [0.2, 0.25) is 0 Å². The molecule has 4 fully saturated rings. The number of piperazine rings is 1. The number of rotatable bonds is 17. The van der Waals surface area contributed by atoms with Crippen molar-refractivity contribution in [3.8, 4) is 0 Å². The highest BCUT2D eigenvalue weighted by molar-refractivity contribution is 6.38. The van der Waals surface area contributed by atoms with Crippen LogP contribution in [0.1, 0.15) is 176 Å². The van der Waals surface area contributed by atoms with Crippen molar-refractivity contribution in [2.75, 3.05) is 132 Å². The molecule has 8 aromatic carbocycles. The van der Waals surface area contributed by atoms with Crippen molar-refractivity contribution in [2.45, 2.75) is 148 Å². The molecule has 4 saturated heterocycles. The summed E-state index contributed by atoms with van der Waals surface area (Å²) in [6.07, 6.45) is 17.3. The Bertz CT molecular complexity index is 4990. The first kappa shape index (κ1) is 84.3. The van der Waals surface area contributed by atoms with Gasteiger partial charge in [-0.05, 0) is 231 Å². The first-order valence-electron chi connectivity index (χ1n) is 42.9. The lowest BCUT2D eigenvalue weighted by Gasteiger charge is -2.41. The normalized spacial score (nSPS) is 19.5. The van der Waals surface area contributed by atoms with Crippen LogP contribution in [0.3, 0.4) is 0 Å². The van der Waals surface area contributed by atoms with E-state index in [1.54, 1.807) is 0 Å². The van der Waals surface area contributed by atoms with Crippen molar-refractivity contribution in [1.29, 1.82) is 0 Å². The van der Waals surface area contributed by atoms with Gasteiger partial charge >= 0.3 is 0 Å². The predicted octanol–water partition coefficient (Wildman–Crippen LogP) is 19.5. The summed E-state index contributed by atoms with van der Waals surface area (Å²) in [7, 11) is 2.15. The Labute approximate surface area is 693 Å². The van der Waals surface area contributed by atoms with Crippen LogP contribution >= 0.6 is 0 Å². The SMILES string of the molecule is Cc1ccc(C)c(C=C2C(=O)N(CN(CC(C)C)CC(C)C)c3ccccc32)c1.Cc1ccc(C)c(C=C2C(=O)N(CN3CCC(N4CCCCC4)CC3)c3ccccc32)c1.Cc1ccc(C)c(C=C2C(=O)N(CN3CCCC(C)(C)C3)c3ccccc32)c1.Cc1ccc(C)c(C=C2C(=O)N(CN3CCN(C)CC3)c3ccccc32)c1. The minimum absolute atomic E-state index is 0.101. The fourth-order valence-electron chi connectivity index (χ4n) is 18.0. The molecule has 8 heterocycles. The summed E-state index contributed by atoms with van der Waals surface area (Å²) in [5.41, 5.74) is 26.0. The number of nitrogens with zero attached hydrogens (tertiary/aromatic N) is 10. The van der Waals surface area contributed by atoms with Crippen LogP contribution < -0.4 is 19.6 Å². The van der Waals surface area contributed by atoms with Gasteiger partial charge in [-0.3, -0.25) is 58.4 Å². The summed E-state index contributed by atoms with van der Waals surface area (Å²) in [5, 5.41) is 0. The summed E-state index contributed by atoms with van der Waals surface area (Å²) in [6.45, 7) is 45.9. The number of carbonyl (C=O) groups is 4. The molecule has 0 aliphatic carbocycles. The highest BCUT2D eigenvalue weighted by Crippen LogP contribution is 2.44. The number of hydrogen-bond donors (Lipinski definition) is 0. The highest BCUT2D eigenvalue weighted by Gasteiger charge is 2.39. The molecule has 14 nitrogen and oxygen atoms in total. The lowest BCUT2D eigenvalue weighted by Crippen LogP contribution is -2.49. The number of benzene rings is 8. The molecular weight excluding hydrogens is 1430 g/mol. The van der Waals surface area contributed by atoms with E-state index in [0.29, 0.717) is 43.9 Å². The van der Waals surface area contributed by atoms with E-state index in [9.17, 15) is 19.2 Å². The van der Waals surface area contributed by atoms with Crippen LogP contribution in [0, 0.1) is 72.6 Å². The van der Waals surface area contributed by atoms with Gasteiger partial charge in [0.15, 0.2) is 0 Å². The van der Waals surface area contributed by atoms with Crippen molar-refractivity contribution in [2.24, 2.45) is 17.3 Å². The summed E-state index contributed by atoms with van der Waals surface area (Å²) in [5.74, 6) is 1.58. The Kier molecular flexibility index (Phi) is 27.4. The molecule has 8 aliphatic heterocycles. The topological polar surface area (TPSA) is 101 Å². The van der Waals surface area contributed by atoms with E-state index in [0.717, 1.165) is 161 Å². The molecular formula is C102H126N10O4. The van der Waals surface area contributed by atoms with Gasteiger partial charge in [0.05, 0.1) is 49.4 Å². The Hall–Kier alpha value is -9.64. The van der Waals surface area contributed by atoms with Gasteiger partial charge in [-0.2, -0.15) is 0 Å². The van der Waals surface area contributed by atoms with Gasteiger partial charge in [0.25, 0.3) is 23.6 Å². The van der Waals surface area contributed by atoms with Gasteiger partial charge in [0.2, 0.25) is 0 Å². The zero-order valence-electron chi connectivity index (χ0n) is 72.1. The molecule has 608 valence electrons. The van der Waals surface area contributed by atoms with Gasteiger partial charge in [-0.25, -0.2) is 0 Å². The molecule has 0 atom stereocenters. The van der Waals surface area contributed by atoms with E-state index >= 15 is 0 Å². The van der Waals surface area contributed by atoms with Gasteiger partial charge in [0.1, 0.15) is 0 Å². The standard InChI is InChI=1S/C28H35N3O.C26H34N2O.C25H30N2O.C23H27N3O/c1-21-10-11-22(2)23(18-21)19-26-25-8-4-5-9-27(25)31(28(26)32)20-29-16-12-24(13-17-29)30-14-6-3-7-15-30;1-18(2)15-27(16-19(3)4)17-28-25-10-8-7-9-23(25)24(26(28)29)14-22-13-20(5)11-12-21(22)6;1-18-10-11-19(2)20(14-18)15-22-21-8-5-6-9-23(21)27(24(22)28)17-26-13-7-12-25(3,4)16-26;1-17-8-9-18(2)19(14-17)15-21-20-6-4-5-7-22(20)26(23(21)27)16-25-12-10-24(3)11-13-25/h4-5,8-11,18-19,24H,3,6-7,12-17,20H2,1-2H3;7-14,18-19H,15-17H2,1-6H3;5-6,8-11,14-15H,7,12-13,16-17H2,1-4H3;4-9,14-15H,10-13,16H2,1-3H3. The summed E-state index contributed by atoms with van der Waals surface area (Å²) in [6, 6.07) is 59.2. The summed E-state index contributed by atoms with van der Waals surface area (Å²) in [4.78, 5) is 76.4. The molecule has 8 aliphatic rings. The molecule has 4 amide bonds. The van der Waals surface area contributed by atoms with Gasteiger partial charge in [-0.1, -0.05) is 216 Å². The number of carbonyl (C=O) groups excluding carboxylic acids is 4. The molecule has 16 rings (SSSR count). The number of anilines is 4. The molecule has 0 radical (unpaired) electrons. The molecule has 0 bridgehead atoms. The zero-order chi connectivity index (χ0) is 82.1. The smallest absolute Gasteiger partial charge is 0.260 e. The molecule has 8 aromatic rings. The lowest BCUT2D eigenvalue weighted by atomic mass is 9.84. The van der Waals surface area contributed by atoms with Crippen molar-refractivity contribution >= 4 is 93.0 Å². The van der Waals surface area contributed by atoms with Crippen LogP contribution in [0.25, 0.3) is 46.6 Å². The van der Waals surface area contributed by atoms with Crippen molar-refractivity contribution in [3.05, 3.63) is 259 Å². The fraction of sp³-hybridized carbons (Fsp3) is 0.412. The Balaban J connectivity index is 0.000000135. The largest absolute Gasteiger partial charge is 0.304 e. The van der Waals surface area contributed by atoms with E-state index < -0.39 is 0 Å². The average molecular weight is 1560 g/mol. The minimum Gasteiger partial charge on any atom is -0.304 e. The molecule has 0 saturated carbocycles. The number of likely N-dealkylation sites (N-methyl/N-ethyl adjacent to an activating group) is 1. The van der Waals surface area contributed by atoms with Gasteiger partial charge in [0, 0.05) is 109 Å². The number of piperidine rings is 3. The maximum atomic E-state index is 13.6. The van der Waals surface area contributed by atoms with E-state index in [-0.39, 0.29) is 23.6 Å². The maximum absolute atomic E-state index is 13.6. The third-order valence-electron chi connectivity index (χ3n) is 24.4. The second-order valence-corrected chi connectivity index (χ2v) is 35.8. The summed E-state index contributed by atoms with van der Waals surface area (Å²) >= 11 is 0. The molecule has 116 heavy (non-hydrogen) atoms. The molecule has 0 N–H and O–H groups in total. The van der Waals surface area contributed by atoms with E-state index in [2.05, 4.69) is 279 Å². The molecule has 0 aromatic heterocycles. The fourth-order valence-corrected chi connectivity index (χ4v) is 18.0. The molecule has 0 unspecified atom stereocenters. The average Bonchev–Trinajstić information content (AvgIpc) is 1.65. The number of amides is 4. The lowest BCUT2D eigenvalue weighted by molar-refractivity contribution is -0.114. The van der Waals surface area contributed by atoms with E-state index in [1.807, 2.05) is 68.1 Å². The van der Waals surface area contributed by atoms with Gasteiger partial charge < -0.3 is 9.80 Å². The summed E-state index contributed by atoms with van der Waals surface area (Å²) < 4.78 is 0. The third kappa shape index (κ3) is 20.3. The third-order valence-corrected chi connectivity index (χ3v) is 24.4. The second kappa shape index (κ2) is 37.7. The maximum Gasteiger partial charge on any atom is 0.260 e. The number of likely N-dealkylation sites (tertiary alicyclic amines) is 3. The van der Waals surface area contributed by atoms with Crippen LogP contribution in [-0.4, -0.2) is 171 Å². The quantitative estimate of drug-likeness (QED) is 0.0819. The highest BCUT2D eigenvalue weighted by atomic mass is 16.2. The number of fused-ring (bicyclic) bond motifs is 4. The Morgan fingerprint density at radius 3 is 1.06 bits per heavy atom. The zero-order valence-corrected chi connectivity index (χ0v) is 72.1. The number of hydrogen-bond acceptors (Lipinski definition) is 10. The van der Waals surface area contributed by atoms with Crippen molar-refractivity contribution in [3.63, 3.8) is 0 Å². The van der Waals surface area contributed by atoms with E-state index in [4.69, 9.17) is 0 Å². The van der Waals surface area contributed by atoms with Crippen LogP contribution in [0.15, 0.2) is 170 Å². The minimum atomic E-state index is 0.101. The van der Waals surface area contributed by atoms with E-state index in [1.165, 1.54) is 103 Å². The van der Waals surface area contributed by atoms with Crippen molar-refractivity contribution in [1.82, 2.24) is 29.4 Å². The monoisotopic (exact) mass is 1550 g/mol. The first-order chi connectivity index (χ1) is 55.7. The number of aryl methyl sites for hydroxylation is 8. The van der Waals surface area contributed by atoms with Gasteiger partial charge in [-0.15, -0.1) is 0 Å². The van der Waals surface area contributed by atoms with Crippen LogP contribution in [0.4, 0.5) is 22.7 Å². The Morgan fingerprint density at radius 2 is 0.707 bits per heavy atom. The van der Waals surface area contributed by atoms with Crippen LogP contribution in [-0.2, 0) is 19.2 Å². The van der Waals surface area contributed by atoms with Crippen LogP contribution in [0.5, 0.6) is 0 Å². The molecule has 14 heteroatoms. The van der Waals surface area contributed by atoms with Crippen molar-refractivity contribution < 1.29 is 19.2 Å². The first-order valence-corrected chi connectivity index (χ1v) is 42.9. The second-order valence-electron chi connectivity index (χ2n) is 35.8. The Morgan fingerprint density at radius 1 is 0.379 bits per heavy atom.